The minimum Gasteiger partial charge on any atom is -0.475 e. The second-order valence-electron chi connectivity index (χ2n) is 5.94. The highest BCUT2D eigenvalue weighted by molar-refractivity contribution is 5.77. The summed E-state index contributed by atoms with van der Waals surface area (Å²) in [6.07, 6.45) is 0.794. The van der Waals surface area contributed by atoms with Gasteiger partial charge in [-0.05, 0) is 20.8 Å². The maximum atomic E-state index is 13.6. The number of ether oxygens (including phenoxy) is 1. The average Bonchev–Trinajstić information content (AvgIpc) is 3.20. The molecule has 0 aromatic carbocycles. The van der Waals surface area contributed by atoms with Gasteiger partial charge in [-0.2, -0.15) is 28.1 Å². The molecule has 0 bridgehead atoms. The predicted molar refractivity (Wildman–Crippen MR) is 91.3 cm³/mol. The SMILES string of the molecule is CCOc1nccnc1-n1nc(C(F)(F)F)c(-c2cnn(C(C)C)c2)c1N. The van der Waals surface area contributed by atoms with Crippen LogP contribution in [-0.2, 0) is 6.18 Å². The first-order valence-electron chi connectivity index (χ1n) is 8.18. The summed E-state index contributed by atoms with van der Waals surface area (Å²) in [5.74, 6) is -0.218. The van der Waals surface area contributed by atoms with Crippen LogP contribution in [0.5, 0.6) is 5.88 Å². The van der Waals surface area contributed by atoms with Crippen molar-refractivity contribution in [1.29, 1.82) is 0 Å². The van der Waals surface area contributed by atoms with Crippen LogP contribution in [0, 0.1) is 0 Å². The Hall–Kier alpha value is -3.11. The first kappa shape index (κ1) is 18.7. The molecular weight excluding hydrogens is 363 g/mol. The van der Waals surface area contributed by atoms with Crippen molar-refractivity contribution < 1.29 is 17.9 Å². The van der Waals surface area contributed by atoms with Gasteiger partial charge in [-0.25, -0.2) is 9.97 Å². The first-order chi connectivity index (χ1) is 12.7. The van der Waals surface area contributed by atoms with Gasteiger partial charge in [-0.1, -0.05) is 0 Å². The summed E-state index contributed by atoms with van der Waals surface area (Å²) in [4.78, 5) is 8.03. The van der Waals surface area contributed by atoms with Crippen LogP contribution in [0.25, 0.3) is 16.9 Å². The molecule has 144 valence electrons. The number of nitrogen functional groups attached to an aromatic ring is 1. The number of hydrogen-bond donors (Lipinski definition) is 1. The molecule has 3 aromatic rings. The third kappa shape index (κ3) is 3.44. The summed E-state index contributed by atoms with van der Waals surface area (Å²) in [6.45, 7) is 5.70. The molecule has 0 aliphatic carbocycles. The number of hydrogen-bond acceptors (Lipinski definition) is 6. The molecule has 0 radical (unpaired) electrons. The van der Waals surface area contributed by atoms with Crippen molar-refractivity contribution in [2.45, 2.75) is 33.0 Å². The van der Waals surface area contributed by atoms with Crippen molar-refractivity contribution in [1.82, 2.24) is 29.5 Å². The Kier molecular flexibility index (Phi) is 4.77. The van der Waals surface area contributed by atoms with Crippen molar-refractivity contribution in [2.24, 2.45) is 0 Å². The Morgan fingerprint density at radius 2 is 1.93 bits per heavy atom. The number of aromatic nitrogens is 6. The van der Waals surface area contributed by atoms with Gasteiger partial charge in [0.25, 0.3) is 5.88 Å². The van der Waals surface area contributed by atoms with Crippen molar-refractivity contribution in [3.63, 3.8) is 0 Å². The zero-order chi connectivity index (χ0) is 19.8. The van der Waals surface area contributed by atoms with E-state index < -0.39 is 11.9 Å². The van der Waals surface area contributed by atoms with E-state index in [2.05, 4.69) is 20.2 Å². The van der Waals surface area contributed by atoms with Crippen molar-refractivity contribution >= 4 is 5.82 Å². The molecular formula is C16H18F3N7O. The molecule has 0 aliphatic rings. The fraction of sp³-hybridized carbons (Fsp3) is 0.375. The molecule has 0 amide bonds. The second-order valence-corrected chi connectivity index (χ2v) is 5.94. The molecule has 3 heterocycles. The molecule has 0 atom stereocenters. The van der Waals surface area contributed by atoms with Crippen molar-refractivity contribution in [2.75, 3.05) is 12.3 Å². The minimum atomic E-state index is -4.72. The Morgan fingerprint density at radius 1 is 1.22 bits per heavy atom. The van der Waals surface area contributed by atoms with Crippen molar-refractivity contribution in [3.05, 3.63) is 30.5 Å². The van der Waals surface area contributed by atoms with E-state index in [0.717, 1.165) is 4.68 Å². The number of rotatable bonds is 5. The maximum Gasteiger partial charge on any atom is 0.435 e. The topological polar surface area (TPSA) is 96.7 Å². The van der Waals surface area contributed by atoms with Gasteiger partial charge < -0.3 is 10.5 Å². The second kappa shape index (κ2) is 6.89. The fourth-order valence-corrected chi connectivity index (χ4v) is 2.53. The number of halogens is 3. The summed E-state index contributed by atoms with van der Waals surface area (Å²) in [7, 11) is 0. The molecule has 0 fully saturated rings. The summed E-state index contributed by atoms with van der Waals surface area (Å²) in [6, 6.07) is -0.0195. The van der Waals surface area contributed by atoms with E-state index in [1.54, 1.807) is 11.6 Å². The van der Waals surface area contributed by atoms with E-state index in [4.69, 9.17) is 10.5 Å². The Balaban J connectivity index is 2.23. The lowest BCUT2D eigenvalue weighted by atomic mass is 10.1. The summed E-state index contributed by atoms with van der Waals surface area (Å²) in [5.41, 5.74) is 4.88. The molecule has 8 nitrogen and oxygen atoms in total. The van der Waals surface area contributed by atoms with E-state index >= 15 is 0 Å². The highest BCUT2D eigenvalue weighted by Gasteiger charge is 2.40. The third-order valence-corrected chi connectivity index (χ3v) is 3.74. The fourth-order valence-electron chi connectivity index (χ4n) is 2.53. The van der Waals surface area contributed by atoms with Gasteiger partial charge in [0, 0.05) is 30.2 Å². The smallest absolute Gasteiger partial charge is 0.435 e. The summed E-state index contributed by atoms with van der Waals surface area (Å²) >= 11 is 0. The molecule has 0 spiro atoms. The van der Waals surface area contributed by atoms with Gasteiger partial charge in [0.2, 0.25) is 5.82 Å². The van der Waals surface area contributed by atoms with Crippen LogP contribution in [0.2, 0.25) is 0 Å². The van der Waals surface area contributed by atoms with Gasteiger partial charge >= 0.3 is 6.18 Å². The van der Waals surface area contributed by atoms with Gasteiger partial charge in [-0.15, -0.1) is 0 Å². The normalized spacial score (nSPS) is 12.0. The standard InChI is InChI=1S/C16H18F3N7O/c1-4-27-15-14(21-5-6-22-15)26-13(20)11(12(24-26)16(17,18)19)10-7-23-25(8-10)9(2)3/h5-9H,4,20H2,1-3H3. The quantitative estimate of drug-likeness (QED) is 0.729. The van der Waals surface area contributed by atoms with Crippen LogP contribution in [0.4, 0.5) is 19.0 Å². The number of anilines is 1. The molecule has 11 heteroatoms. The largest absolute Gasteiger partial charge is 0.475 e. The molecule has 0 unspecified atom stereocenters. The van der Waals surface area contributed by atoms with E-state index in [9.17, 15) is 13.2 Å². The zero-order valence-electron chi connectivity index (χ0n) is 14.9. The Labute approximate surface area is 152 Å². The lowest BCUT2D eigenvalue weighted by molar-refractivity contribution is -0.140. The molecule has 3 aromatic heterocycles. The van der Waals surface area contributed by atoms with Crippen LogP contribution < -0.4 is 10.5 Å². The Morgan fingerprint density at radius 3 is 2.52 bits per heavy atom. The summed E-state index contributed by atoms with van der Waals surface area (Å²) < 4.78 is 48.7. The number of nitrogens with zero attached hydrogens (tertiary/aromatic N) is 6. The zero-order valence-corrected chi connectivity index (χ0v) is 14.9. The van der Waals surface area contributed by atoms with E-state index in [1.165, 1.54) is 24.8 Å². The van der Waals surface area contributed by atoms with Gasteiger partial charge in [-0.3, -0.25) is 4.68 Å². The molecule has 27 heavy (non-hydrogen) atoms. The lowest BCUT2D eigenvalue weighted by Gasteiger charge is -2.08. The van der Waals surface area contributed by atoms with Gasteiger partial charge in [0.15, 0.2) is 5.69 Å². The van der Waals surface area contributed by atoms with Crippen LogP contribution in [-0.4, -0.2) is 36.1 Å². The molecule has 0 aliphatic heterocycles. The van der Waals surface area contributed by atoms with E-state index in [1.807, 2.05) is 13.8 Å². The van der Waals surface area contributed by atoms with Crippen molar-refractivity contribution in [3.8, 4) is 22.8 Å². The van der Waals surface area contributed by atoms with Crippen LogP contribution in [0.1, 0.15) is 32.5 Å². The maximum absolute atomic E-state index is 13.6. The van der Waals surface area contributed by atoms with E-state index in [0.29, 0.717) is 0 Å². The third-order valence-electron chi connectivity index (χ3n) is 3.74. The molecule has 2 N–H and O–H groups in total. The van der Waals surface area contributed by atoms with Gasteiger partial charge in [0.1, 0.15) is 5.82 Å². The van der Waals surface area contributed by atoms with Crippen LogP contribution in [0.3, 0.4) is 0 Å². The van der Waals surface area contributed by atoms with E-state index in [-0.39, 0.29) is 41.3 Å². The molecule has 0 saturated heterocycles. The molecule has 3 rings (SSSR count). The lowest BCUT2D eigenvalue weighted by Crippen LogP contribution is -2.10. The highest BCUT2D eigenvalue weighted by Crippen LogP contribution is 2.41. The monoisotopic (exact) mass is 381 g/mol. The predicted octanol–water partition coefficient (Wildman–Crippen LogP) is 3.11. The molecule has 0 saturated carbocycles. The first-order valence-corrected chi connectivity index (χ1v) is 8.18. The summed E-state index contributed by atoms with van der Waals surface area (Å²) in [5, 5.41) is 7.76. The minimum absolute atomic E-state index is 0.0195. The number of nitrogens with two attached hydrogens (primary N) is 1. The number of alkyl halides is 3. The van der Waals surface area contributed by atoms with Crippen LogP contribution >= 0.6 is 0 Å². The van der Waals surface area contributed by atoms with Crippen LogP contribution in [0.15, 0.2) is 24.8 Å². The average molecular weight is 381 g/mol. The highest BCUT2D eigenvalue weighted by atomic mass is 19.4. The van der Waals surface area contributed by atoms with Gasteiger partial charge in [0.05, 0.1) is 18.4 Å². The Bertz CT molecular complexity index is 946.